The van der Waals surface area contributed by atoms with E-state index in [0.717, 1.165) is 31.2 Å². The third kappa shape index (κ3) is 6.10. The lowest BCUT2D eigenvalue weighted by Gasteiger charge is -2.11. The van der Waals surface area contributed by atoms with Gasteiger partial charge in [-0.25, -0.2) is 4.99 Å². The van der Waals surface area contributed by atoms with Crippen molar-refractivity contribution in [2.45, 2.75) is 33.7 Å². The number of hydrogen-bond acceptors (Lipinski definition) is 2. The minimum Gasteiger partial charge on any atom is -0.357 e. The van der Waals surface area contributed by atoms with E-state index in [1.165, 1.54) is 16.7 Å². The van der Waals surface area contributed by atoms with Crippen molar-refractivity contribution in [2.75, 3.05) is 13.1 Å². The number of aromatic nitrogens is 1. The maximum absolute atomic E-state index is 4.64. The Morgan fingerprint density at radius 3 is 2.39 bits per heavy atom. The molecule has 0 amide bonds. The molecule has 1 aromatic carbocycles. The molecular weight excluding hydrogens is 284 g/mol. The number of nitrogens with zero attached hydrogens (tertiary/aromatic N) is 2. The van der Waals surface area contributed by atoms with Crippen LogP contribution in [0.3, 0.4) is 0 Å². The van der Waals surface area contributed by atoms with Crippen LogP contribution in [0.5, 0.6) is 0 Å². The highest BCUT2D eigenvalue weighted by Crippen LogP contribution is 2.04. The summed E-state index contributed by atoms with van der Waals surface area (Å²) < 4.78 is 0. The summed E-state index contributed by atoms with van der Waals surface area (Å²) in [7, 11) is 0. The fourth-order valence-electron chi connectivity index (χ4n) is 2.18. The molecule has 1 aromatic heterocycles. The van der Waals surface area contributed by atoms with Crippen LogP contribution in [0.25, 0.3) is 0 Å². The van der Waals surface area contributed by atoms with Crippen LogP contribution in [0.1, 0.15) is 29.3 Å². The van der Waals surface area contributed by atoms with Crippen LogP contribution in [-0.2, 0) is 13.0 Å². The first-order valence-corrected chi connectivity index (χ1v) is 8.16. The van der Waals surface area contributed by atoms with Gasteiger partial charge >= 0.3 is 0 Å². The lowest BCUT2D eigenvalue weighted by atomic mass is 10.1. The third-order valence-electron chi connectivity index (χ3n) is 3.56. The van der Waals surface area contributed by atoms with Crippen LogP contribution >= 0.6 is 0 Å². The molecule has 122 valence electrons. The van der Waals surface area contributed by atoms with E-state index in [-0.39, 0.29) is 0 Å². The van der Waals surface area contributed by atoms with Gasteiger partial charge in [0.25, 0.3) is 0 Å². The number of aryl methyl sites for hydroxylation is 2. The molecule has 23 heavy (non-hydrogen) atoms. The zero-order valence-corrected chi connectivity index (χ0v) is 14.3. The normalized spacial score (nSPS) is 11.3. The number of nitrogens with one attached hydrogen (secondary N) is 2. The van der Waals surface area contributed by atoms with E-state index in [1.54, 1.807) is 0 Å². The summed E-state index contributed by atoms with van der Waals surface area (Å²) in [5, 5.41) is 6.66. The maximum atomic E-state index is 4.64. The minimum absolute atomic E-state index is 0.682. The molecule has 2 N–H and O–H groups in total. The van der Waals surface area contributed by atoms with Crippen LogP contribution in [0.2, 0.25) is 0 Å². The Labute approximate surface area is 139 Å². The number of rotatable bonds is 6. The van der Waals surface area contributed by atoms with Gasteiger partial charge in [-0.05, 0) is 44.4 Å². The summed E-state index contributed by atoms with van der Waals surface area (Å²) in [5.41, 5.74) is 4.78. The van der Waals surface area contributed by atoms with Gasteiger partial charge in [0, 0.05) is 25.0 Å². The van der Waals surface area contributed by atoms with Crippen LogP contribution in [0.15, 0.2) is 47.6 Å². The van der Waals surface area contributed by atoms with E-state index in [2.05, 4.69) is 64.8 Å². The zero-order chi connectivity index (χ0) is 16.5. The Morgan fingerprint density at radius 1 is 1.00 bits per heavy atom. The van der Waals surface area contributed by atoms with Crippen LogP contribution in [-0.4, -0.2) is 24.0 Å². The van der Waals surface area contributed by atoms with E-state index in [9.17, 15) is 0 Å². The van der Waals surface area contributed by atoms with Gasteiger partial charge in [0.2, 0.25) is 0 Å². The Balaban J connectivity index is 1.86. The van der Waals surface area contributed by atoms with E-state index < -0.39 is 0 Å². The number of aliphatic imine (C=N–C) groups is 1. The zero-order valence-electron chi connectivity index (χ0n) is 14.3. The lowest BCUT2D eigenvalue weighted by Crippen LogP contribution is -2.38. The smallest absolute Gasteiger partial charge is 0.191 e. The van der Waals surface area contributed by atoms with Crippen molar-refractivity contribution in [3.8, 4) is 0 Å². The van der Waals surface area contributed by atoms with Crippen LogP contribution in [0, 0.1) is 13.8 Å². The van der Waals surface area contributed by atoms with Crippen molar-refractivity contribution in [2.24, 2.45) is 4.99 Å². The average molecular weight is 310 g/mol. The first kappa shape index (κ1) is 17.0. The molecule has 0 saturated carbocycles. The second kappa shape index (κ2) is 8.93. The molecule has 0 aliphatic carbocycles. The maximum Gasteiger partial charge on any atom is 0.191 e. The number of hydrogen-bond donors (Lipinski definition) is 2. The van der Waals surface area contributed by atoms with Gasteiger partial charge < -0.3 is 10.6 Å². The van der Waals surface area contributed by atoms with Crippen molar-refractivity contribution < 1.29 is 0 Å². The fourth-order valence-corrected chi connectivity index (χ4v) is 2.18. The molecule has 2 rings (SSSR count). The minimum atomic E-state index is 0.682. The SMILES string of the molecule is CCNC(=NCc1ccc(C)cc1)NCCc1ccc(C)nc1. The van der Waals surface area contributed by atoms with Crippen LogP contribution in [0.4, 0.5) is 0 Å². The standard InChI is InChI=1S/C19H26N4/c1-4-20-19(23-14-17-8-5-15(2)6-9-17)21-12-11-18-10-7-16(3)22-13-18/h5-10,13H,4,11-12,14H2,1-3H3,(H2,20,21,23). The second-order valence-electron chi connectivity index (χ2n) is 5.67. The van der Waals surface area contributed by atoms with Crippen LogP contribution < -0.4 is 10.6 Å². The molecule has 2 aromatic rings. The van der Waals surface area contributed by atoms with Crippen molar-refractivity contribution in [1.29, 1.82) is 0 Å². The van der Waals surface area contributed by atoms with Gasteiger partial charge in [0.15, 0.2) is 5.96 Å². The Hall–Kier alpha value is -2.36. The van der Waals surface area contributed by atoms with Gasteiger partial charge in [-0.3, -0.25) is 4.98 Å². The fraction of sp³-hybridized carbons (Fsp3) is 0.368. The Morgan fingerprint density at radius 2 is 1.74 bits per heavy atom. The monoisotopic (exact) mass is 310 g/mol. The summed E-state index contributed by atoms with van der Waals surface area (Å²) in [5.74, 6) is 0.855. The van der Waals surface area contributed by atoms with Gasteiger partial charge in [-0.1, -0.05) is 35.9 Å². The quantitative estimate of drug-likeness (QED) is 0.637. The van der Waals surface area contributed by atoms with Gasteiger partial charge in [0.05, 0.1) is 6.54 Å². The molecule has 0 fully saturated rings. The van der Waals surface area contributed by atoms with Gasteiger partial charge in [-0.15, -0.1) is 0 Å². The third-order valence-corrected chi connectivity index (χ3v) is 3.56. The topological polar surface area (TPSA) is 49.3 Å². The van der Waals surface area contributed by atoms with E-state index >= 15 is 0 Å². The Kier molecular flexibility index (Phi) is 6.60. The number of benzene rings is 1. The number of guanidine groups is 1. The highest BCUT2D eigenvalue weighted by Gasteiger charge is 1.99. The second-order valence-corrected chi connectivity index (χ2v) is 5.67. The molecule has 0 atom stereocenters. The van der Waals surface area contributed by atoms with Crippen molar-refractivity contribution in [1.82, 2.24) is 15.6 Å². The highest BCUT2D eigenvalue weighted by molar-refractivity contribution is 5.79. The van der Waals surface area contributed by atoms with E-state index in [4.69, 9.17) is 0 Å². The molecule has 1 heterocycles. The first-order valence-electron chi connectivity index (χ1n) is 8.16. The Bertz CT molecular complexity index is 615. The summed E-state index contributed by atoms with van der Waals surface area (Å²) >= 11 is 0. The average Bonchev–Trinajstić information content (AvgIpc) is 2.56. The molecule has 0 aliphatic heterocycles. The van der Waals surface area contributed by atoms with E-state index in [0.29, 0.717) is 6.54 Å². The summed E-state index contributed by atoms with van der Waals surface area (Å²) in [4.78, 5) is 8.96. The molecule has 0 bridgehead atoms. The highest BCUT2D eigenvalue weighted by atomic mass is 15.2. The van der Waals surface area contributed by atoms with Gasteiger partial charge in [0.1, 0.15) is 0 Å². The summed E-state index contributed by atoms with van der Waals surface area (Å²) in [6, 6.07) is 12.7. The summed E-state index contributed by atoms with van der Waals surface area (Å²) in [6.45, 7) is 8.55. The van der Waals surface area contributed by atoms with Crippen molar-refractivity contribution in [3.05, 3.63) is 65.0 Å². The van der Waals surface area contributed by atoms with Crippen molar-refractivity contribution >= 4 is 5.96 Å². The largest absolute Gasteiger partial charge is 0.357 e. The lowest BCUT2D eigenvalue weighted by molar-refractivity contribution is 0.797. The summed E-state index contributed by atoms with van der Waals surface area (Å²) in [6.07, 6.45) is 2.87. The molecule has 0 aliphatic rings. The molecule has 0 saturated heterocycles. The predicted molar refractivity (Wildman–Crippen MR) is 96.7 cm³/mol. The molecule has 0 unspecified atom stereocenters. The number of pyridine rings is 1. The van der Waals surface area contributed by atoms with Crippen molar-refractivity contribution in [3.63, 3.8) is 0 Å². The molecule has 4 heteroatoms. The molecular formula is C19H26N4. The molecule has 0 spiro atoms. The van der Waals surface area contributed by atoms with E-state index in [1.807, 2.05) is 19.2 Å². The predicted octanol–water partition coefficient (Wildman–Crippen LogP) is 3.00. The molecule has 4 nitrogen and oxygen atoms in total. The first-order chi connectivity index (χ1) is 11.2. The molecule has 0 radical (unpaired) electrons. The van der Waals surface area contributed by atoms with Gasteiger partial charge in [-0.2, -0.15) is 0 Å².